The summed E-state index contributed by atoms with van der Waals surface area (Å²) < 4.78 is 11.5. The highest BCUT2D eigenvalue weighted by atomic mass is 16.5. The fourth-order valence-electron chi connectivity index (χ4n) is 3.79. The first kappa shape index (κ1) is 23.3. The van der Waals surface area contributed by atoms with Gasteiger partial charge >= 0.3 is 0 Å². The Kier molecular flexibility index (Phi) is 9.34. The number of aliphatic hydroxyl groups is 1. The van der Waals surface area contributed by atoms with Crippen LogP contribution in [0.1, 0.15) is 36.5 Å². The van der Waals surface area contributed by atoms with Crippen LogP contribution in [0.5, 0.6) is 0 Å². The van der Waals surface area contributed by atoms with Crippen molar-refractivity contribution in [2.75, 3.05) is 32.9 Å². The van der Waals surface area contributed by atoms with Crippen molar-refractivity contribution in [3.63, 3.8) is 0 Å². The second-order valence-corrected chi connectivity index (χ2v) is 8.07. The van der Waals surface area contributed by atoms with Crippen LogP contribution >= 0.6 is 0 Å². The summed E-state index contributed by atoms with van der Waals surface area (Å²) in [6, 6.07) is 18.5. The average molecular weight is 426 g/mol. The van der Waals surface area contributed by atoms with Gasteiger partial charge in [0.2, 0.25) is 0 Å². The Bertz CT molecular complexity index is 805. The first-order valence-corrected chi connectivity index (χ1v) is 11.1. The van der Waals surface area contributed by atoms with Crippen molar-refractivity contribution in [1.29, 1.82) is 0 Å². The summed E-state index contributed by atoms with van der Waals surface area (Å²) in [5, 5.41) is 16.2. The smallest absolute Gasteiger partial charge is 0.191 e. The van der Waals surface area contributed by atoms with Gasteiger partial charge in [-0.1, -0.05) is 54.6 Å². The summed E-state index contributed by atoms with van der Waals surface area (Å²) >= 11 is 0. The van der Waals surface area contributed by atoms with E-state index in [1.54, 1.807) is 0 Å². The molecule has 0 spiro atoms. The van der Waals surface area contributed by atoms with Crippen LogP contribution in [0.2, 0.25) is 0 Å². The number of nitrogens with zero attached hydrogens (tertiary/aromatic N) is 1. The number of hydrogen-bond donors (Lipinski definition) is 3. The largest absolute Gasteiger partial charge is 0.396 e. The van der Waals surface area contributed by atoms with Gasteiger partial charge in [-0.05, 0) is 36.5 Å². The summed E-state index contributed by atoms with van der Waals surface area (Å²) in [7, 11) is 0. The number of aliphatic imine (C=N–C) groups is 1. The van der Waals surface area contributed by atoms with Gasteiger partial charge in [-0.3, -0.25) is 0 Å². The molecule has 3 rings (SSSR count). The van der Waals surface area contributed by atoms with E-state index in [1.807, 2.05) is 30.3 Å². The zero-order valence-electron chi connectivity index (χ0n) is 18.5. The van der Waals surface area contributed by atoms with Crippen molar-refractivity contribution in [3.8, 4) is 0 Å². The molecule has 0 saturated carbocycles. The molecule has 0 aromatic heterocycles. The molecular weight excluding hydrogens is 390 g/mol. The SMILES string of the molecule is CCNC(=NCc1ccccc1COCc1ccccc1)NCC1(CCO)CCOC1. The van der Waals surface area contributed by atoms with E-state index in [1.165, 1.54) is 5.56 Å². The highest BCUT2D eigenvalue weighted by Gasteiger charge is 2.34. The van der Waals surface area contributed by atoms with E-state index < -0.39 is 0 Å². The normalized spacial score (nSPS) is 18.8. The standard InChI is InChI=1S/C25H35N3O3/c1-2-26-24(28-19-25(12-14-29)13-15-30-20-25)27-16-22-10-6-7-11-23(22)18-31-17-21-8-4-3-5-9-21/h3-11,29H,2,12-20H2,1H3,(H2,26,27,28). The zero-order chi connectivity index (χ0) is 21.8. The molecule has 1 aliphatic rings. The molecule has 2 aromatic rings. The topological polar surface area (TPSA) is 75.1 Å². The molecule has 3 N–H and O–H groups in total. The Labute approximate surface area is 185 Å². The molecule has 31 heavy (non-hydrogen) atoms. The molecule has 6 heteroatoms. The Morgan fingerprint density at radius 3 is 2.55 bits per heavy atom. The second-order valence-electron chi connectivity index (χ2n) is 8.07. The molecule has 0 aliphatic carbocycles. The van der Waals surface area contributed by atoms with Crippen LogP contribution in [-0.2, 0) is 29.2 Å². The lowest BCUT2D eigenvalue weighted by atomic mass is 9.84. The zero-order valence-corrected chi connectivity index (χ0v) is 18.5. The van der Waals surface area contributed by atoms with Crippen molar-refractivity contribution in [1.82, 2.24) is 10.6 Å². The second kappa shape index (κ2) is 12.4. The maximum atomic E-state index is 9.45. The fraction of sp³-hybridized carbons (Fsp3) is 0.480. The van der Waals surface area contributed by atoms with E-state index in [0.29, 0.717) is 26.4 Å². The van der Waals surface area contributed by atoms with Crippen molar-refractivity contribution in [2.24, 2.45) is 10.4 Å². The Morgan fingerprint density at radius 2 is 1.84 bits per heavy atom. The third-order valence-electron chi connectivity index (χ3n) is 5.70. The maximum absolute atomic E-state index is 9.45. The van der Waals surface area contributed by atoms with Gasteiger partial charge in [-0.25, -0.2) is 4.99 Å². The molecule has 1 atom stereocenters. The number of benzene rings is 2. The molecule has 168 valence electrons. The van der Waals surface area contributed by atoms with Gasteiger partial charge in [0.25, 0.3) is 0 Å². The van der Waals surface area contributed by atoms with Crippen LogP contribution < -0.4 is 10.6 Å². The molecule has 6 nitrogen and oxygen atoms in total. The summed E-state index contributed by atoms with van der Waals surface area (Å²) in [6.45, 7) is 6.92. The number of ether oxygens (including phenoxy) is 2. The number of aliphatic hydroxyl groups excluding tert-OH is 1. The van der Waals surface area contributed by atoms with E-state index in [9.17, 15) is 5.11 Å². The van der Waals surface area contributed by atoms with Crippen LogP contribution in [-0.4, -0.2) is 44.0 Å². The van der Waals surface area contributed by atoms with Gasteiger partial charge < -0.3 is 25.2 Å². The molecule has 2 aromatic carbocycles. The number of rotatable bonds is 11. The molecule has 1 heterocycles. The van der Waals surface area contributed by atoms with E-state index in [2.05, 4.69) is 41.8 Å². The Balaban J connectivity index is 1.58. The quantitative estimate of drug-likeness (QED) is 0.381. The van der Waals surface area contributed by atoms with Crippen molar-refractivity contribution in [2.45, 2.75) is 39.5 Å². The molecule has 1 fully saturated rings. The third-order valence-corrected chi connectivity index (χ3v) is 5.70. The van der Waals surface area contributed by atoms with Gasteiger partial charge in [0.15, 0.2) is 5.96 Å². The van der Waals surface area contributed by atoms with E-state index >= 15 is 0 Å². The highest BCUT2D eigenvalue weighted by Crippen LogP contribution is 2.31. The minimum absolute atomic E-state index is 0.0197. The molecule has 0 bridgehead atoms. The van der Waals surface area contributed by atoms with E-state index in [4.69, 9.17) is 14.5 Å². The molecule has 1 unspecified atom stereocenters. The fourth-order valence-corrected chi connectivity index (χ4v) is 3.79. The molecule has 0 amide bonds. The van der Waals surface area contributed by atoms with Gasteiger partial charge in [-0.15, -0.1) is 0 Å². The summed E-state index contributed by atoms with van der Waals surface area (Å²) in [4.78, 5) is 4.80. The van der Waals surface area contributed by atoms with Crippen LogP contribution in [0.3, 0.4) is 0 Å². The van der Waals surface area contributed by atoms with E-state index in [-0.39, 0.29) is 12.0 Å². The third kappa shape index (κ3) is 7.35. The van der Waals surface area contributed by atoms with Crippen molar-refractivity contribution < 1.29 is 14.6 Å². The predicted molar refractivity (Wildman–Crippen MR) is 124 cm³/mol. The first-order valence-electron chi connectivity index (χ1n) is 11.1. The lowest BCUT2D eigenvalue weighted by molar-refractivity contribution is 0.106. The lowest BCUT2D eigenvalue weighted by Gasteiger charge is -2.27. The van der Waals surface area contributed by atoms with Gasteiger partial charge in [-0.2, -0.15) is 0 Å². The first-order chi connectivity index (χ1) is 15.2. The van der Waals surface area contributed by atoms with Crippen LogP contribution in [0, 0.1) is 5.41 Å². The van der Waals surface area contributed by atoms with E-state index in [0.717, 1.165) is 49.6 Å². The van der Waals surface area contributed by atoms with Crippen LogP contribution in [0.4, 0.5) is 0 Å². The lowest BCUT2D eigenvalue weighted by Crippen LogP contribution is -2.44. The number of guanidine groups is 1. The molecule has 1 saturated heterocycles. The number of hydrogen-bond acceptors (Lipinski definition) is 4. The average Bonchev–Trinajstić information content (AvgIpc) is 3.26. The molecular formula is C25H35N3O3. The minimum atomic E-state index is -0.0197. The number of nitrogens with one attached hydrogen (secondary N) is 2. The maximum Gasteiger partial charge on any atom is 0.191 e. The van der Waals surface area contributed by atoms with Gasteiger partial charge in [0.1, 0.15) is 0 Å². The van der Waals surface area contributed by atoms with Crippen molar-refractivity contribution >= 4 is 5.96 Å². The minimum Gasteiger partial charge on any atom is -0.396 e. The van der Waals surface area contributed by atoms with Gasteiger partial charge in [0.05, 0.1) is 26.4 Å². The summed E-state index contributed by atoms with van der Waals surface area (Å²) in [5.74, 6) is 0.784. The van der Waals surface area contributed by atoms with Crippen molar-refractivity contribution in [3.05, 3.63) is 71.3 Å². The van der Waals surface area contributed by atoms with Crippen LogP contribution in [0.15, 0.2) is 59.6 Å². The Hall–Kier alpha value is -2.41. The molecule has 1 aliphatic heterocycles. The van der Waals surface area contributed by atoms with Crippen LogP contribution in [0.25, 0.3) is 0 Å². The monoisotopic (exact) mass is 425 g/mol. The van der Waals surface area contributed by atoms with Gasteiger partial charge in [0, 0.05) is 31.7 Å². The Morgan fingerprint density at radius 1 is 1.06 bits per heavy atom. The summed E-state index contributed by atoms with van der Waals surface area (Å²) in [6.07, 6.45) is 1.70. The molecule has 0 radical (unpaired) electrons. The predicted octanol–water partition coefficient (Wildman–Crippen LogP) is 3.25. The summed E-state index contributed by atoms with van der Waals surface area (Å²) in [5.41, 5.74) is 3.46. The highest BCUT2D eigenvalue weighted by molar-refractivity contribution is 5.79.